The molecular weight excluding hydrogens is 198 g/mol. The van der Waals surface area contributed by atoms with Crippen molar-refractivity contribution in [2.45, 2.75) is 45.6 Å². The largest absolute Gasteiger partial charge is 0.317 e. The molecule has 0 aromatic carbocycles. The molecule has 15 heavy (non-hydrogen) atoms. The summed E-state index contributed by atoms with van der Waals surface area (Å²) in [6, 6.07) is 0.527. The first kappa shape index (κ1) is 14.8. The number of halogens is 2. The second-order valence-corrected chi connectivity index (χ2v) is 3.96. The van der Waals surface area contributed by atoms with E-state index >= 15 is 0 Å². The van der Waals surface area contributed by atoms with Gasteiger partial charge in [-0.05, 0) is 33.0 Å². The van der Waals surface area contributed by atoms with Crippen LogP contribution < -0.4 is 5.32 Å². The standard InChI is InChI=1S/C8H16F2N2.C3H8/c1-11-7-2-4-12(5-3-7)6-8(9)10;1-3-2/h7-8,11H,2-6H2,1H3;3H2,1-2H3. The minimum absolute atomic E-state index is 0.0591. The van der Waals surface area contributed by atoms with Crippen LogP contribution in [0.3, 0.4) is 0 Å². The molecule has 2 nitrogen and oxygen atoms in total. The van der Waals surface area contributed by atoms with Crippen molar-refractivity contribution in [1.82, 2.24) is 10.2 Å². The maximum Gasteiger partial charge on any atom is 0.251 e. The lowest BCUT2D eigenvalue weighted by Crippen LogP contribution is -2.42. The Morgan fingerprint density at radius 1 is 1.27 bits per heavy atom. The second-order valence-electron chi connectivity index (χ2n) is 3.96. The van der Waals surface area contributed by atoms with Crippen molar-refractivity contribution < 1.29 is 8.78 Å². The SMILES string of the molecule is CCC.CNC1CCN(CC(F)F)CC1. The third-order valence-electron chi connectivity index (χ3n) is 2.39. The third-order valence-corrected chi connectivity index (χ3v) is 2.39. The fourth-order valence-electron chi connectivity index (χ4n) is 1.60. The summed E-state index contributed by atoms with van der Waals surface area (Å²) >= 11 is 0. The number of hydrogen-bond acceptors (Lipinski definition) is 2. The zero-order valence-electron chi connectivity index (χ0n) is 10.1. The Kier molecular flexibility index (Phi) is 8.91. The van der Waals surface area contributed by atoms with Gasteiger partial charge in [-0.2, -0.15) is 0 Å². The molecule has 0 aromatic heterocycles. The number of piperidine rings is 1. The molecule has 0 aliphatic carbocycles. The molecule has 1 aliphatic heterocycles. The fourth-order valence-corrected chi connectivity index (χ4v) is 1.60. The van der Waals surface area contributed by atoms with Gasteiger partial charge in [0, 0.05) is 6.04 Å². The molecule has 0 bridgehead atoms. The van der Waals surface area contributed by atoms with E-state index in [4.69, 9.17) is 0 Å². The topological polar surface area (TPSA) is 15.3 Å². The molecule has 0 unspecified atom stereocenters. The van der Waals surface area contributed by atoms with E-state index in [0.29, 0.717) is 6.04 Å². The van der Waals surface area contributed by atoms with E-state index in [9.17, 15) is 8.78 Å². The summed E-state index contributed by atoms with van der Waals surface area (Å²) in [6.45, 7) is 5.79. The normalized spacial score (nSPS) is 18.8. The van der Waals surface area contributed by atoms with E-state index in [2.05, 4.69) is 19.2 Å². The molecule has 1 saturated heterocycles. The van der Waals surface area contributed by atoms with Crippen molar-refractivity contribution in [2.24, 2.45) is 0 Å². The van der Waals surface area contributed by atoms with Crippen molar-refractivity contribution in [3.63, 3.8) is 0 Å². The van der Waals surface area contributed by atoms with Gasteiger partial charge in [-0.3, -0.25) is 4.90 Å². The van der Waals surface area contributed by atoms with Gasteiger partial charge in [0.25, 0.3) is 6.43 Å². The summed E-state index contributed by atoms with van der Waals surface area (Å²) in [5.74, 6) is 0. The van der Waals surface area contributed by atoms with E-state index < -0.39 is 6.43 Å². The van der Waals surface area contributed by atoms with Crippen molar-refractivity contribution in [1.29, 1.82) is 0 Å². The lowest BCUT2D eigenvalue weighted by atomic mass is 10.1. The monoisotopic (exact) mass is 222 g/mol. The van der Waals surface area contributed by atoms with Crippen LogP contribution in [0, 0.1) is 0 Å². The predicted molar refractivity (Wildman–Crippen MR) is 60.5 cm³/mol. The summed E-state index contributed by atoms with van der Waals surface area (Å²) in [7, 11) is 1.92. The molecule has 92 valence electrons. The van der Waals surface area contributed by atoms with E-state index in [1.165, 1.54) is 6.42 Å². The van der Waals surface area contributed by atoms with E-state index in [1.807, 2.05) is 11.9 Å². The van der Waals surface area contributed by atoms with Gasteiger partial charge in [0.15, 0.2) is 0 Å². The van der Waals surface area contributed by atoms with Crippen LogP contribution >= 0.6 is 0 Å². The summed E-state index contributed by atoms with van der Waals surface area (Å²) < 4.78 is 23.9. The molecule has 0 atom stereocenters. The highest BCUT2D eigenvalue weighted by Crippen LogP contribution is 2.10. The highest BCUT2D eigenvalue weighted by Gasteiger charge is 2.19. The minimum atomic E-state index is -2.18. The van der Waals surface area contributed by atoms with Crippen molar-refractivity contribution in [2.75, 3.05) is 26.7 Å². The van der Waals surface area contributed by atoms with Gasteiger partial charge in [-0.15, -0.1) is 0 Å². The first-order valence-corrected chi connectivity index (χ1v) is 5.81. The van der Waals surface area contributed by atoms with Crippen LogP contribution in [0.4, 0.5) is 8.78 Å². The molecule has 0 radical (unpaired) electrons. The number of rotatable bonds is 3. The molecule has 0 saturated carbocycles. The van der Waals surface area contributed by atoms with Crippen LogP contribution in [0.2, 0.25) is 0 Å². The van der Waals surface area contributed by atoms with Gasteiger partial charge in [-0.25, -0.2) is 8.78 Å². The fraction of sp³-hybridized carbons (Fsp3) is 1.00. The third kappa shape index (κ3) is 7.68. The maximum absolute atomic E-state index is 11.9. The molecule has 0 amide bonds. The van der Waals surface area contributed by atoms with Crippen molar-refractivity contribution >= 4 is 0 Å². The summed E-state index contributed by atoms with van der Waals surface area (Å²) in [4.78, 5) is 1.83. The summed E-state index contributed by atoms with van der Waals surface area (Å²) in [5, 5.41) is 3.16. The highest BCUT2D eigenvalue weighted by molar-refractivity contribution is 4.75. The molecule has 1 rings (SSSR count). The molecule has 4 heteroatoms. The van der Waals surface area contributed by atoms with Crippen LogP contribution in [0.1, 0.15) is 33.1 Å². The van der Waals surface area contributed by atoms with E-state index in [1.54, 1.807) is 0 Å². The Hall–Kier alpha value is -0.220. The maximum atomic E-state index is 11.9. The van der Waals surface area contributed by atoms with Crippen LogP contribution in [0.5, 0.6) is 0 Å². The van der Waals surface area contributed by atoms with Crippen LogP contribution in [0.15, 0.2) is 0 Å². The van der Waals surface area contributed by atoms with Crippen molar-refractivity contribution in [3.8, 4) is 0 Å². The molecule has 0 aromatic rings. The summed E-state index contributed by atoms with van der Waals surface area (Å²) in [5.41, 5.74) is 0. The number of likely N-dealkylation sites (tertiary alicyclic amines) is 1. The zero-order chi connectivity index (χ0) is 11.7. The Balaban J connectivity index is 0.000000583. The minimum Gasteiger partial charge on any atom is -0.317 e. The van der Waals surface area contributed by atoms with E-state index in [-0.39, 0.29) is 6.54 Å². The van der Waals surface area contributed by atoms with Gasteiger partial charge < -0.3 is 5.32 Å². The first-order chi connectivity index (χ1) is 7.13. The van der Waals surface area contributed by atoms with Gasteiger partial charge >= 0.3 is 0 Å². The van der Waals surface area contributed by atoms with Gasteiger partial charge in [-0.1, -0.05) is 20.3 Å². The average molecular weight is 222 g/mol. The quantitative estimate of drug-likeness (QED) is 0.788. The molecule has 0 spiro atoms. The second kappa shape index (κ2) is 9.04. The van der Waals surface area contributed by atoms with E-state index in [0.717, 1.165) is 25.9 Å². The average Bonchev–Trinajstić information content (AvgIpc) is 2.19. The summed E-state index contributed by atoms with van der Waals surface area (Å²) in [6.07, 6.45) is 1.04. The highest BCUT2D eigenvalue weighted by atomic mass is 19.3. The Labute approximate surface area is 92.0 Å². The molecule has 1 heterocycles. The van der Waals surface area contributed by atoms with Gasteiger partial charge in [0.1, 0.15) is 0 Å². The predicted octanol–water partition coefficient (Wildman–Crippen LogP) is 2.35. The molecular formula is C11H24F2N2. The Bertz CT molecular complexity index is 135. The Morgan fingerprint density at radius 2 is 1.73 bits per heavy atom. The number of nitrogens with zero attached hydrogens (tertiary/aromatic N) is 1. The number of alkyl halides is 2. The number of nitrogens with one attached hydrogen (secondary N) is 1. The lowest BCUT2D eigenvalue weighted by molar-refractivity contribution is 0.0737. The van der Waals surface area contributed by atoms with Crippen LogP contribution in [0.25, 0.3) is 0 Å². The molecule has 1 fully saturated rings. The van der Waals surface area contributed by atoms with Crippen LogP contribution in [-0.2, 0) is 0 Å². The molecule has 1 aliphatic rings. The van der Waals surface area contributed by atoms with Gasteiger partial charge in [0.05, 0.1) is 6.54 Å². The number of hydrogen-bond donors (Lipinski definition) is 1. The Morgan fingerprint density at radius 3 is 2.07 bits per heavy atom. The lowest BCUT2D eigenvalue weighted by Gasteiger charge is -2.31. The molecule has 1 N–H and O–H groups in total. The van der Waals surface area contributed by atoms with Crippen LogP contribution in [-0.4, -0.2) is 44.0 Å². The first-order valence-electron chi connectivity index (χ1n) is 5.81. The zero-order valence-corrected chi connectivity index (χ0v) is 10.1. The smallest absolute Gasteiger partial charge is 0.251 e. The van der Waals surface area contributed by atoms with Gasteiger partial charge in [0.2, 0.25) is 0 Å². The van der Waals surface area contributed by atoms with Crippen molar-refractivity contribution in [3.05, 3.63) is 0 Å².